The molecular weight excluding hydrogens is 422 g/mol. The molecule has 2 N–H and O–H groups in total. The molecule has 2 heterocycles. The molecule has 7 heteroatoms. The number of fused-ring (bicyclic) bond motifs is 2. The summed E-state index contributed by atoms with van der Waals surface area (Å²) < 4.78 is 27.8. The molecule has 0 bridgehead atoms. The zero-order valence-electron chi connectivity index (χ0n) is 18.4. The van der Waals surface area contributed by atoms with Crippen LogP contribution in [-0.2, 0) is 15.4 Å². The fraction of sp³-hybridized carbons (Fsp3) is 0.480. The quantitative estimate of drug-likeness (QED) is 0.702. The van der Waals surface area contributed by atoms with E-state index in [4.69, 9.17) is 5.73 Å². The highest BCUT2D eigenvalue weighted by molar-refractivity contribution is 7.89. The molecule has 2 aromatic rings. The molecule has 1 saturated heterocycles. The van der Waals surface area contributed by atoms with Gasteiger partial charge in [0.1, 0.15) is 0 Å². The molecule has 0 aromatic heterocycles. The lowest BCUT2D eigenvalue weighted by Crippen LogP contribution is -2.38. The maximum Gasteiger partial charge on any atom is 0.258 e. The molecule has 2 fully saturated rings. The van der Waals surface area contributed by atoms with Gasteiger partial charge in [-0.25, -0.2) is 8.42 Å². The summed E-state index contributed by atoms with van der Waals surface area (Å²) in [6.45, 7) is 1.72. The van der Waals surface area contributed by atoms with Gasteiger partial charge in [-0.1, -0.05) is 31.7 Å². The van der Waals surface area contributed by atoms with Crippen LogP contribution in [0.4, 0.5) is 11.4 Å². The van der Waals surface area contributed by atoms with Gasteiger partial charge in [-0.15, -0.1) is 0 Å². The monoisotopic (exact) mass is 453 g/mol. The van der Waals surface area contributed by atoms with E-state index in [0.29, 0.717) is 25.2 Å². The van der Waals surface area contributed by atoms with Crippen molar-refractivity contribution in [2.75, 3.05) is 30.3 Å². The molecule has 1 spiro atoms. The molecule has 0 unspecified atom stereocenters. The first kappa shape index (κ1) is 21.5. The van der Waals surface area contributed by atoms with E-state index in [-0.39, 0.29) is 16.2 Å². The summed E-state index contributed by atoms with van der Waals surface area (Å²) >= 11 is 0. The van der Waals surface area contributed by atoms with E-state index in [1.165, 1.54) is 12.0 Å². The van der Waals surface area contributed by atoms with Gasteiger partial charge in [-0.3, -0.25) is 4.79 Å². The molecule has 1 amide bonds. The summed E-state index contributed by atoms with van der Waals surface area (Å²) in [7, 11) is -3.59. The highest BCUT2D eigenvalue weighted by Gasteiger charge is 2.45. The van der Waals surface area contributed by atoms with Gasteiger partial charge in [0.25, 0.3) is 5.91 Å². The number of sulfonamides is 1. The third-order valence-electron chi connectivity index (χ3n) is 7.43. The summed E-state index contributed by atoms with van der Waals surface area (Å²) in [5.41, 5.74) is 9.29. The van der Waals surface area contributed by atoms with Crippen molar-refractivity contribution in [3.8, 4) is 0 Å². The summed E-state index contributed by atoms with van der Waals surface area (Å²) in [5.74, 6) is -0.144. The number of amides is 1. The minimum Gasteiger partial charge on any atom is -0.399 e. The lowest BCUT2D eigenvalue weighted by atomic mass is 9.70. The Hall–Kier alpha value is -2.38. The number of hydrogen-bond acceptors (Lipinski definition) is 4. The minimum absolute atomic E-state index is 0.0455. The Morgan fingerprint density at radius 1 is 0.906 bits per heavy atom. The van der Waals surface area contributed by atoms with Crippen LogP contribution in [0.2, 0.25) is 0 Å². The fourth-order valence-electron chi connectivity index (χ4n) is 5.72. The summed E-state index contributed by atoms with van der Waals surface area (Å²) in [4.78, 5) is 15.7. The average Bonchev–Trinajstić information content (AvgIpc) is 3.12. The highest BCUT2D eigenvalue weighted by Crippen LogP contribution is 2.50. The van der Waals surface area contributed by atoms with Crippen LogP contribution >= 0.6 is 0 Å². The maximum absolute atomic E-state index is 13.7. The standard InChI is InChI=1S/C25H31N3O3S/c26-20-10-11-23-22(17-20)25(12-3-1-4-13-25)18-28(23)24(29)19-8-7-9-21(16-19)32(30,31)27-14-5-2-6-15-27/h7-11,16-17H,1-6,12-15,18,26H2. The molecule has 1 saturated carbocycles. The van der Waals surface area contributed by atoms with Crippen LogP contribution in [0.1, 0.15) is 67.3 Å². The second-order valence-electron chi connectivity index (χ2n) is 9.50. The molecule has 2 aromatic carbocycles. The number of nitrogen functional groups attached to an aromatic ring is 1. The van der Waals surface area contributed by atoms with Gasteiger partial charge in [-0.2, -0.15) is 4.31 Å². The third-order valence-corrected chi connectivity index (χ3v) is 9.33. The Balaban J connectivity index is 1.48. The molecule has 0 atom stereocenters. The first-order chi connectivity index (χ1) is 15.4. The summed E-state index contributed by atoms with van der Waals surface area (Å²) in [6.07, 6.45) is 8.46. The second kappa shape index (κ2) is 8.19. The molecule has 170 valence electrons. The fourth-order valence-corrected chi connectivity index (χ4v) is 7.29. The van der Waals surface area contributed by atoms with E-state index < -0.39 is 10.0 Å². The normalized spacial score (nSPS) is 20.9. The number of carbonyl (C=O) groups excluding carboxylic acids is 1. The molecule has 0 radical (unpaired) electrons. The molecule has 32 heavy (non-hydrogen) atoms. The van der Waals surface area contributed by atoms with Crippen molar-refractivity contribution >= 4 is 27.3 Å². The van der Waals surface area contributed by atoms with Crippen molar-refractivity contribution in [1.82, 2.24) is 4.31 Å². The van der Waals surface area contributed by atoms with Crippen molar-refractivity contribution < 1.29 is 13.2 Å². The number of nitrogens with zero attached hydrogens (tertiary/aromatic N) is 2. The molecule has 2 aliphatic heterocycles. The topological polar surface area (TPSA) is 83.7 Å². The lowest BCUT2D eigenvalue weighted by Gasteiger charge is -2.34. The predicted molar refractivity (Wildman–Crippen MR) is 126 cm³/mol. The Labute approximate surface area is 190 Å². The number of anilines is 2. The van der Waals surface area contributed by atoms with Crippen molar-refractivity contribution in [1.29, 1.82) is 0 Å². The van der Waals surface area contributed by atoms with Crippen molar-refractivity contribution in [3.63, 3.8) is 0 Å². The number of piperidine rings is 1. The van der Waals surface area contributed by atoms with E-state index in [1.54, 1.807) is 28.6 Å². The van der Waals surface area contributed by atoms with E-state index in [9.17, 15) is 13.2 Å². The maximum atomic E-state index is 13.7. The molecule has 5 rings (SSSR count). The highest BCUT2D eigenvalue weighted by atomic mass is 32.2. The molecule has 1 aliphatic carbocycles. The number of benzene rings is 2. The van der Waals surface area contributed by atoms with Gasteiger partial charge < -0.3 is 10.6 Å². The smallest absolute Gasteiger partial charge is 0.258 e. The van der Waals surface area contributed by atoms with Crippen molar-refractivity contribution in [2.24, 2.45) is 0 Å². The van der Waals surface area contributed by atoms with Gasteiger partial charge in [0, 0.05) is 42.0 Å². The molecule has 6 nitrogen and oxygen atoms in total. The van der Waals surface area contributed by atoms with Crippen molar-refractivity contribution in [3.05, 3.63) is 53.6 Å². The van der Waals surface area contributed by atoms with E-state index in [2.05, 4.69) is 0 Å². The van der Waals surface area contributed by atoms with Gasteiger partial charge in [0.05, 0.1) is 4.90 Å². The Morgan fingerprint density at radius 2 is 1.62 bits per heavy atom. The van der Waals surface area contributed by atoms with Crippen LogP contribution in [-0.4, -0.2) is 38.3 Å². The van der Waals surface area contributed by atoms with E-state index in [0.717, 1.165) is 56.3 Å². The molecule has 3 aliphatic rings. The average molecular weight is 454 g/mol. The van der Waals surface area contributed by atoms with E-state index in [1.807, 2.05) is 23.1 Å². The second-order valence-corrected chi connectivity index (χ2v) is 11.4. The van der Waals surface area contributed by atoms with E-state index >= 15 is 0 Å². The van der Waals surface area contributed by atoms with Crippen LogP contribution in [0, 0.1) is 0 Å². The Morgan fingerprint density at radius 3 is 2.38 bits per heavy atom. The van der Waals surface area contributed by atoms with Gasteiger partial charge >= 0.3 is 0 Å². The summed E-state index contributed by atoms with van der Waals surface area (Å²) in [5, 5.41) is 0. The van der Waals surface area contributed by atoms with Crippen LogP contribution in [0.25, 0.3) is 0 Å². The summed E-state index contributed by atoms with van der Waals surface area (Å²) in [6, 6.07) is 12.4. The van der Waals surface area contributed by atoms with Crippen LogP contribution in [0.5, 0.6) is 0 Å². The Bertz CT molecular complexity index is 1130. The van der Waals surface area contributed by atoms with Crippen molar-refractivity contribution in [2.45, 2.75) is 61.7 Å². The van der Waals surface area contributed by atoms with Gasteiger partial charge in [0.15, 0.2) is 0 Å². The largest absolute Gasteiger partial charge is 0.399 e. The zero-order valence-corrected chi connectivity index (χ0v) is 19.2. The number of rotatable bonds is 3. The molecular formula is C25H31N3O3S. The van der Waals surface area contributed by atoms with Crippen LogP contribution in [0.15, 0.2) is 47.4 Å². The minimum atomic E-state index is -3.59. The van der Waals surface area contributed by atoms with Crippen LogP contribution in [0.3, 0.4) is 0 Å². The Kier molecular flexibility index (Phi) is 5.50. The number of hydrogen-bond donors (Lipinski definition) is 1. The van der Waals surface area contributed by atoms with Gasteiger partial charge in [-0.05, 0) is 67.6 Å². The number of nitrogens with two attached hydrogens (primary N) is 1. The zero-order chi connectivity index (χ0) is 22.3. The number of carbonyl (C=O) groups is 1. The predicted octanol–water partition coefficient (Wildman–Crippen LogP) is 4.31. The first-order valence-electron chi connectivity index (χ1n) is 11.7. The van der Waals surface area contributed by atoms with Gasteiger partial charge in [0.2, 0.25) is 10.0 Å². The SMILES string of the molecule is Nc1ccc2c(c1)C1(CCCCC1)CN2C(=O)c1cccc(S(=O)(=O)N2CCCCC2)c1. The first-order valence-corrected chi connectivity index (χ1v) is 13.2. The third kappa shape index (κ3) is 3.61. The van der Waals surface area contributed by atoms with Crippen LogP contribution < -0.4 is 10.6 Å². The lowest BCUT2D eigenvalue weighted by molar-refractivity contribution is 0.0982.